The van der Waals surface area contributed by atoms with Crippen LogP contribution in [-0.4, -0.2) is 20.2 Å². The molecule has 2 aromatic heterocycles. The number of benzene rings is 2. The number of aromatic nitrogens is 4. The summed E-state index contributed by atoms with van der Waals surface area (Å²) in [6, 6.07) is 15.9. The van der Waals surface area contributed by atoms with Crippen molar-refractivity contribution in [2.24, 2.45) is 0 Å². The van der Waals surface area contributed by atoms with Gasteiger partial charge in [0.25, 0.3) is 0 Å². The zero-order valence-corrected chi connectivity index (χ0v) is 15.1. The van der Waals surface area contributed by atoms with Crippen LogP contribution in [0, 0.1) is 0 Å². The molecule has 0 unspecified atom stereocenters. The average molecular weight is 396 g/mol. The molecule has 0 amide bonds. The molecule has 0 fully saturated rings. The third-order valence-electron chi connectivity index (χ3n) is 3.58. The Kier molecular flexibility index (Phi) is 4.65. The molecule has 4 rings (SSSR count). The maximum absolute atomic E-state index is 5.87. The average Bonchev–Trinajstić information content (AvgIpc) is 3.12. The van der Waals surface area contributed by atoms with Gasteiger partial charge in [0.2, 0.25) is 17.7 Å². The van der Waals surface area contributed by atoms with E-state index in [4.69, 9.17) is 32.2 Å². The number of ether oxygens (including phenoxy) is 1. The van der Waals surface area contributed by atoms with Crippen LogP contribution in [0.4, 0.5) is 23.5 Å². The topological polar surface area (TPSA) is 138 Å². The maximum Gasteiger partial charge on any atom is 0.320 e. The third kappa shape index (κ3) is 4.10. The lowest BCUT2D eigenvalue weighted by Gasteiger charge is -2.06. The smallest absolute Gasteiger partial charge is 0.320 e. The van der Waals surface area contributed by atoms with Gasteiger partial charge in [-0.25, -0.2) is 0 Å². The van der Waals surface area contributed by atoms with Crippen LogP contribution in [0.5, 0.6) is 11.6 Å². The fourth-order valence-corrected chi connectivity index (χ4v) is 2.47. The number of nitrogens with one attached hydrogen (secondary N) is 1. The van der Waals surface area contributed by atoms with Gasteiger partial charge in [-0.05, 0) is 48.5 Å². The largest absolute Gasteiger partial charge is 0.439 e. The van der Waals surface area contributed by atoms with E-state index in [1.165, 1.54) is 6.07 Å². The molecule has 140 valence electrons. The molecular formula is C18H14ClN7O2. The van der Waals surface area contributed by atoms with Crippen molar-refractivity contribution in [3.63, 3.8) is 0 Å². The first-order valence-corrected chi connectivity index (χ1v) is 8.47. The molecule has 9 nitrogen and oxygen atoms in total. The Bertz CT molecular complexity index is 1080. The molecule has 0 spiro atoms. The zero-order valence-electron chi connectivity index (χ0n) is 14.3. The highest BCUT2D eigenvalue weighted by atomic mass is 35.5. The number of nitrogens with two attached hydrogens (primary N) is 2. The van der Waals surface area contributed by atoms with Gasteiger partial charge in [0.05, 0.1) is 0 Å². The summed E-state index contributed by atoms with van der Waals surface area (Å²) in [4.78, 5) is 7.76. The number of anilines is 4. The van der Waals surface area contributed by atoms with Crippen LogP contribution >= 0.6 is 11.6 Å². The zero-order chi connectivity index (χ0) is 19.5. The molecular weight excluding hydrogens is 382 g/mol. The third-order valence-corrected chi connectivity index (χ3v) is 3.84. The van der Waals surface area contributed by atoms with E-state index in [0.29, 0.717) is 16.7 Å². The Hall–Kier alpha value is -3.85. The first-order valence-electron chi connectivity index (χ1n) is 8.09. The molecule has 28 heavy (non-hydrogen) atoms. The Balaban J connectivity index is 1.46. The van der Waals surface area contributed by atoms with Crippen LogP contribution in [0.25, 0.3) is 11.5 Å². The molecule has 0 atom stereocenters. The van der Waals surface area contributed by atoms with Gasteiger partial charge in [-0.2, -0.15) is 9.97 Å². The van der Waals surface area contributed by atoms with Gasteiger partial charge >= 0.3 is 6.01 Å². The summed E-state index contributed by atoms with van der Waals surface area (Å²) in [6.45, 7) is 0. The lowest BCUT2D eigenvalue weighted by atomic mass is 10.2. The highest BCUT2D eigenvalue weighted by Gasteiger charge is 2.10. The van der Waals surface area contributed by atoms with Gasteiger partial charge in [0, 0.05) is 22.3 Å². The maximum atomic E-state index is 5.87. The number of hydrogen-bond donors (Lipinski definition) is 3. The summed E-state index contributed by atoms with van der Waals surface area (Å²) in [5, 5.41) is 11.7. The van der Waals surface area contributed by atoms with Gasteiger partial charge in [-0.15, -0.1) is 5.10 Å². The van der Waals surface area contributed by atoms with Crippen molar-refractivity contribution < 1.29 is 9.15 Å². The predicted octanol–water partition coefficient (Wildman–Crippen LogP) is 3.88. The van der Waals surface area contributed by atoms with E-state index in [9.17, 15) is 0 Å². The molecule has 4 aromatic rings. The number of rotatable bonds is 5. The quantitative estimate of drug-likeness (QED) is 0.459. The first-order chi connectivity index (χ1) is 13.5. The molecule has 0 aliphatic heterocycles. The van der Waals surface area contributed by atoms with Crippen LogP contribution in [0.1, 0.15) is 0 Å². The molecule has 2 heterocycles. The van der Waals surface area contributed by atoms with Crippen LogP contribution in [0.3, 0.4) is 0 Å². The lowest BCUT2D eigenvalue weighted by molar-refractivity contribution is 0.463. The van der Waals surface area contributed by atoms with Crippen LogP contribution in [-0.2, 0) is 0 Å². The number of hydrogen-bond acceptors (Lipinski definition) is 9. The molecule has 10 heteroatoms. The summed E-state index contributed by atoms with van der Waals surface area (Å²) in [7, 11) is 0. The molecule has 0 aliphatic carbocycles. The molecule has 0 saturated heterocycles. The monoisotopic (exact) mass is 395 g/mol. The Morgan fingerprint density at radius 2 is 1.68 bits per heavy atom. The van der Waals surface area contributed by atoms with Gasteiger partial charge < -0.3 is 25.9 Å². The van der Waals surface area contributed by atoms with Crippen LogP contribution in [0.15, 0.2) is 59.0 Å². The van der Waals surface area contributed by atoms with Gasteiger partial charge in [-0.3, -0.25) is 0 Å². The summed E-state index contributed by atoms with van der Waals surface area (Å²) in [6.07, 6.45) is 0. The van der Waals surface area contributed by atoms with Crippen molar-refractivity contribution in [1.29, 1.82) is 0 Å². The number of nitrogen functional groups attached to an aromatic ring is 2. The van der Waals surface area contributed by atoms with Crippen LogP contribution < -0.4 is 21.5 Å². The van der Waals surface area contributed by atoms with Gasteiger partial charge in [0.1, 0.15) is 11.6 Å². The van der Waals surface area contributed by atoms with Crippen molar-refractivity contribution in [3.05, 3.63) is 59.6 Å². The van der Waals surface area contributed by atoms with Crippen molar-refractivity contribution in [2.45, 2.75) is 0 Å². The van der Waals surface area contributed by atoms with E-state index in [1.54, 1.807) is 36.4 Å². The van der Waals surface area contributed by atoms with Crippen molar-refractivity contribution in [3.8, 4) is 23.1 Å². The second-order valence-electron chi connectivity index (χ2n) is 5.66. The molecule has 0 aliphatic rings. The highest BCUT2D eigenvalue weighted by molar-refractivity contribution is 6.30. The van der Waals surface area contributed by atoms with Crippen molar-refractivity contribution >= 4 is 35.1 Å². The Labute approximate surface area is 164 Å². The van der Waals surface area contributed by atoms with E-state index >= 15 is 0 Å². The standard InChI is InChI=1S/C18H14ClN7O2/c19-11-3-5-12(6-4-11)22-18-26-25-16(28-18)10-1-7-13(8-2-10)27-15-9-14(20)23-17(21)24-15/h1-9H,(H,22,26)(H4,20,21,23,24). The fourth-order valence-electron chi connectivity index (χ4n) is 2.35. The molecule has 0 saturated carbocycles. The summed E-state index contributed by atoms with van der Waals surface area (Å²) >= 11 is 5.87. The van der Waals surface area contributed by atoms with Gasteiger partial charge in [-0.1, -0.05) is 16.7 Å². The van der Waals surface area contributed by atoms with E-state index in [1.807, 2.05) is 12.1 Å². The second-order valence-corrected chi connectivity index (χ2v) is 6.10. The minimum Gasteiger partial charge on any atom is -0.439 e. The number of halogens is 1. The van der Waals surface area contributed by atoms with Crippen LogP contribution in [0.2, 0.25) is 5.02 Å². The van der Waals surface area contributed by atoms with Gasteiger partial charge in [0.15, 0.2) is 0 Å². The minimum atomic E-state index is 0.0400. The van der Waals surface area contributed by atoms with Crippen molar-refractivity contribution in [1.82, 2.24) is 20.2 Å². The Morgan fingerprint density at radius 1 is 0.929 bits per heavy atom. The molecule has 5 N–H and O–H groups in total. The lowest BCUT2D eigenvalue weighted by Crippen LogP contribution is -2.00. The second kappa shape index (κ2) is 7.41. The first kappa shape index (κ1) is 17.6. The predicted molar refractivity (Wildman–Crippen MR) is 105 cm³/mol. The SMILES string of the molecule is Nc1cc(Oc2ccc(-c3nnc(Nc4ccc(Cl)cc4)o3)cc2)nc(N)n1. The molecule has 0 radical (unpaired) electrons. The minimum absolute atomic E-state index is 0.0400. The number of nitrogens with zero attached hydrogens (tertiary/aromatic N) is 4. The summed E-state index contributed by atoms with van der Waals surface area (Å²) < 4.78 is 11.3. The normalized spacial score (nSPS) is 10.6. The Morgan fingerprint density at radius 3 is 2.39 bits per heavy atom. The van der Waals surface area contributed by atoms with E-state index in [2.05, 4.69) is 25.5 Å². The van der Waals surface area contributed by atoms with Crippen molar-refractivity contribution in [2.75, 3.05) is 16.8 Å². The summed E-state index contributed by atoms with van der Waals surface area (Å²) in [5.41, 5.74) is 12.7. The van der Waals surface area contributed by atoms with E-state index in [-0.39, 0.29) is 23.7 Å². The summed E-state index contributed by atoms with van der Waals surface area (Å²) in [5.74, 6) is 1.42. The van der Waals surface area contributed by atoms with E-state index < -0.39 is 0 Å². The van der Waals surface area contributed by atoms with E-state index in [0.717, 1.165) is 11.3 Å². The molecule has 0 bridgehead atoms. The molecule has 2 aromatic carbocycles. The fraction of sp³-hybridized carbons (Fsp3) is 0. The highest BCUT2D eigenvalue weighted by Crippen LogP contribution is 2.27.